The molecule has 0 atom stereocenters. The molecule has 0 amide bonds. The third-order valence-corrected chi connectivity index (χ3v) is 5.75. The van der Waals surface area contributed by atoms with Crippen LogP contribution < -0.4 is 0 Å². The van der Waals surface area contributed by atoms with E-state index in [1.54, 1.807) is 6.07 Å². The van der Waals surface area contributed by atoms with Crippen LogP contribution in [0.15, 0.2) is 54.6 Å². The van der Waals surface area contributed by atoms with Crippen molar-refractivity contribution in [1.29, 1.82) is 0 Å². The number of unbranched alkanes of at least 4 members (excludes halogenated alkanes) is 2. The Bertz CT molecular complexity index is 1480. The number of hydrogen-bond acceptors (Lipinski definition) is 0. The number of aryl methyl sites for hydroxylation is 1. The second-order valence-corrected chi connectivity index (χ2v) is 8.26. The molecule has 0 aliphatic carbocycles. The van der Waals surface area contributed by atoms with Gasteiger partial charge in [-0.05, 0) is 65.8 Å². The van der Waals surface area contributed by atoms with Gasteiger partial charge >= 0.3 is 0 Å². The van der Waals surface area contributed by atoms with E-state index in [0.717, 1.165) is 43.4 Å². The summed E-state index contributed by atoms with van der Waals surface area (Å²) in [6.45, 7) is 2.09. The molecule has 0 saturated carbocycles. The molecule has 0 N–H and O–H groups in total. The highest BCUT2D eigenvalue weighted by Gasteiger charge is 2.17. The lowest BCUT2D eigenvalue weighted by molar-refractivity contribution is 0.451. The molecule has 4 aromatic rings. The van der Waals surface area contributed by atoms with E-state index in [-0.39, 0.29) is 22.1 Å². The van der Waals surface area contributed by atoms with Gasteiger partial charge in [0.15, 0.2) is 17.5 Å². The molecule has 0 bridgehead atoms. The summed E-state index contributed by atoms with van der Waals surface area (Å²) < 4.78 is 84.5. The van der Waals surface area contributed by atoms with Crippen molar-refractivity contribution in [2.75, 3.05) is 0 Å². The maximum Gasteiger partial charge on any atom is 0.195 e. The van der Waals surface area contributed by atoms with Gasteiger partial charge in [0.05, 0.1) is 10.9 Å². The van der Waals surface area contributed by atoms with Gasteiger partial charge in [-0.1, -0.05) is 49.8 Å². The van der Waals surface area contributed by atoms with Gasteiger partial charge in [0, 0.05) is 11.1 Å². The van der Waals surface area contributed by atoms with Crippen molar-refractivity contribution in [1.82, 2.24) is 0 Å². The third-order valence-electron chi connectivity index (χ3n) is 5.75. The maximum absolute atomic E-state index is 14.7. The van der Waals surface area contributed by atoms with Gasteiger partial charge in [-0.3, -0.25) is 0 Å². The Morgan fingerprint density at radius 3 is 2.17 bits per heavy atom. The lowest BCUT2D eigenvalue weighted by Gasteiger charge is -2.08. The minimum atomic E-state index is -1.76. The third kappa shape index (κ3) is 5.19. The van der Waals surface area contributed by atoms with Gasteiger partial charge in [0.2, 0.25) is 0 Å². The van der Waals surface area contributed by atoms with Crippen LogP contribution in [0.2, 0.25) is 0 Å². The van der Waals surface area contributed by atoms with E-state index < -0.39 is 40.3 Å². The number of fused-ring (bicyclic) bond motifs is 1. The minimum absolute atomic E-state index is 0.0218. The lowest BCUT2D eigenvalue weighted by Crippen LogP contribution is -1.95. The Kier molecular flexibility index (Phi) is 7.16. The zero-order valence-corrected chi connectivity index (χ0v) is 18.8. The van der Waals surface area contributed by atoms with Crippen LogP contribution in [0.5, 0.6) is 0 Å². The molecule has 0 aromatic heterocycles. The number of halogens is 6. The van der Waals surface area contributed by atoms with Crippen molar-refractivity contribution in [3.05, 3.63) is 106 Å². The summed E-state index contributed by atoms with van der Waals surface area (Å²) in [5.41, 5.74) is 1.48. The highest BCUT2D eigenvalue weighted by atomic mass is 19.2. The van der Waals surface area contributed by atoms with Crippen molar-refractivity contribution in [2.24, 2.45) is 0 Å². The highest BCUT2D eigenvalue weighted by molar-refractivity contribution is 5.85. The van der Waals surface area contributed by atoms with E-state index in [9.17, 15) is 26.3 Å². The topological polar surface area (TPSA) is 0 Å². The Hall–Kier alpha value is -3.72. The van der Waals surface area contributed by atoms with Gasteiger partial charge in [-0.2, -0.15) is 0 Å². The Balaban J connectivity index is 1.61. The van der Waals surface area contributed by atoms with Crippen LogP contribution in [0.1, 0.15) is 42.9 Å². The molecular formula is C29H20F6. The molecule has 0 heterocycles. The molecule has 0 aliphatic heterocycles. The molecule has 0 spiro atoms. The molecule has 178 valence electrons. The van der Waals surface area contributed by atoms with Crippen molar-refractivity contribution < 1.29 is 26.3 Å². The van der Waals surface area contributed by atoms with Crippen molar-refractivity contribution >= 4 is 10.8 Å². The fourth-order valence-corrected chi connectivity index (χ4v) is 3.91. The second-order valence-electron chi connectivity index (χ2n) is 8.26. The first-order valence-corrected chi connectivity index (χ1v) is 11.2. The van der Waals surface area contributed by atoms with Crippen LogP contribution >= 0.6 is 0 Å². The first kappa shape index (κ1) is 24.4. The summed E-state index contributed by atoms with van der Waals surface area (Å²) in [7, 11) is 0. The summed E-state index contributed by atoms with van der Waals surface area (Å²) in [5.74, 6) is -2.02. The second kappa shape index (κ2) is 10.3. The Morgan fingerprint density at radius 1 is 0.657 bits per heavy atom. The molecule has 0 fully saturated rings. The molecule has 4 aromatic carbocycles. The molecule has 4 rings (SSSR count). The van der Waals surface area contributed by atoms with Crippen LogP contribution in [0.3, 0.4) is 0 Å². The monoisotopic (exact) mass is 482 g/mol. The summed E-state index contributed by atoms with van der Waals surface area (Å²) in [6.07, 6.45) is 3.88. The molecular weight excluding hydrogens is 462 g/mol. The van der Waals surface area contributed by atoms with Crippen molar-refractivity contribution in [2.45, 2.75) is 32.6 Å². The predicted octanol–water partition coefficient (Wildman–Crippen LogP) is 8.47. The number of benzene rings is 4. The van der Waals surface area contributed by atoms with Gasteiger partial charge in [-0.15, -0.1) is 0 Å². The first-order chi connectivity index (χ1) is 16.8. The zero-order valence-electron chi connectivity index (χ0n) is 18.8. The Labute approximate surface area is 199 Å². The summed E-state index contributed by atoms with van der Waals surface area (Å²) >= 11 is 0. The maximum atomic E-state index is 14.7. The Morgan fingerprint density at radius 2 is 1.46 bits per heavy atom. The van der Waals surface area contributed by atoms with Gasteiger partial charge in [0.1, 0.15) is 17.5 Å². The normalized spacial score (nSPS) is 10.9. The average Bonchev–Trinajstić information content (AvgIpc) is 2.82. The number of rotatable bonds is 5. The summed E-state index contributed by atoms with van der Waals surface area (Å²) in [4.78, 5) is 0. The SMILES string of the molecule is CCCCCc1ccc(-c2ccc(C#Cc3cc(F)c4c(F)c(F)c(F)cc4c3)c(F)c2)c(F)c1. The van der Waals surface area contributed by atoms with E-state index in [1.165, 1.54) is 24.3 Å². The predicted molar refractivity (Wildman–Crippen MR) is 125 cm³/mol. The van der Waals surface area contributed by atoms with Crippen molar-refractivity contribution in [3.63, 3.8) is 0 Å². The molecule has 6 heteroatoms. The van der Waals surface area contributed by atoms with E-state index >= 15 is 0 Å². The highest BCUT2D eigenvalue weighted by Crippen LogP contribution is 2.28. The zero-order chi connectivity index (χ0) is 25.1. The molecule has 0 nitrogen and oxygen atoms in total. The lowest BCUT2D eigenvalue weighted by atomic mass is 9.99. The number of hydrogen-bond donors (Lipinski definition) is 0. The summed E-state index contributed by atoms with van der Waals surface area (Å²) in [5, 5.41) is -0.904. The fourth-order valence-electron chi connectivity index (χ4n) is 3.91. The van der Waals surface area contributed by atoms with Crippen LogP contribution in [0, 0.1) is 46.7 Å². The molecule has 0 aliphatic rings. The molecule has 0 saturated heterocycles. The quantitative estimate of drug-likeness (QED) is 0.116. The van der Waals surface area contributed by atoms with Gasteiger partial charge < -0.3 is 0 Å². The van der Waals surface area contributed by atoms with Crippen LogP contribution in [-0.4, -0.2) is 0 Å². The first-order valence-electron chi connectivity index (χ1n) is 11.2. The van der Waals surface area contributed by atoms with E-state index in [0.29, 0.717) is 11.6 Å². The van der Waals surface area contributed by atoms with E-state index in [4.69, 9.17) is 0 Å². The van der Waals surface area contributed by atoms with Gasteiger partial charge in [-0.25, -0.2) is 26.3 Å². The summed E-state index contributed by atoms with van der Waals surface area (Å²) in [6, 6.07) is 11.7. The van der Waals surface area contributed by atoms with Crippen LogP contribution in [0.4, 0.5) is 26.3 Å². The van der Waals surface area contributed by atoms with Crippen molar-refractivity contribution in [3.8, 4) is 23.0 Å². The van der Waals surface area contributed by atoms with Gasteiger partial charge in [0.25, 0.3) is 0 Å². The van der Waals surface area contributed by atoms with E-state index in [2.05, 4.69) is 18.8 Å². The smallest absolute Gasteiger partial charge is 0.195 e. The molecule has 35 heavy (non-hydrogen) atoms. The largest absolute Gasteiger partial charge is 0.206 e. The standard InChI is InChI=1S/C29H20F6/c1-2-3-4-5-17-7-11-22(24(31)13-17)20-10-9-19(23(30)15-20)8-6-18-12-21-16-26(33)28(34)29(35)27(21)25(32)14-18/h7,9-16H,2-5H2,1H3. The molecule has 0 unspecified atom stereocenters. The minimum Gasteiger partial charge on any atom is -0.206 e. The van der Waals surface area contributed by atoms with E-state index in [1.807, 2.05) is 6.07 Å². The fraction of sp³-hybridized carbons (Fsp3) is 0.172. The van der Waals surface area contributed by atoms with Crippen LogP contribution in [-0.2, 0) is 6.42 Å². The molecule has 0 radical (unpaired) electrons. The van der Waals surface area contributed by atoms with Crippen LogP contribution in [0.25, 0.3) is 21.9 Å². The average molecular weight is 482 g/mol.